The first-order valence-electron chi connectivity index (χ1n) is 7.85. The molecule has 1 unspecified atom stereocenters. The Kier molecular flexibility index (Phi) is 3.83. The monoisotopic (exact) mass is 315 g/mol. The zero-order valence-electron chi connectivity index (χ0n) is 13.4. The van der Waals surface area contributed by atoms with Gasteiger partial charge in [0.05, 0.1) is 24.4 Å². The predicted molar refractivity (Wildman–Crippen MR) is 85.9 cm³/mol. The molecule has 0 saturated carbocycles. The molecule has 1 fully saturated rings. The van der Waals surface area contributed by atoms with Gasteiger partial charge in [-0.15, -0.1) is 0 Å². The van der Waals surface area contributed by atoms with Crippen LogP contribution in [0.4, 0.5) is 5.69 Å². The summed E-state index contributed by atoms with van der Waals surface area (Å²) in [6.07, 6.45) is 1.73. The van der Waals surface area contributed by atoms with Crippen LogP contribution in [0.25, 0.3) is 0 Å². The van der Waals surface area contributed by atoms with Crippen LogP contribution in [0.1, 0.15) is 37.8 Å². The molecule has 0 radical (unpaired) electrons. The van der Waals surface area contributed by atoms with E-state index >= 15 is 0 Å². The number of nitrogens with one attached hydrogen (secondary N) is 3. The lowest BCUT2D eigenvalue weighted by atomic mass is 9.86. The molecule has 3 N–H and O–H groups in total. The van der Waals surface area contributed by atoms with Crippen molar-refractivity contribution in [2.45, 2.75) is 51.1 Å². The van der Waals surface area contributed by atoms with Gasteiger partial charge >= 0.3 is 0 Å². The zero-order chi connectivity index (χ0) is 16.6. The molecule has 3 rings (SSSR count). The van der Waals surface area contributed by atoms with Crippen LogP contribution in [0.2, 0.25) is 0 Å². The summed E-state index contributed by atoms with van der Waals surface area (Å²) in [7, 11) is 0. The molecule has 0 aliphatic carbocycles. The van der Waals surface area contributed by atoms with Crippen molar-refractivity contribution in [1.82, 2.24) is 10.6 Å². The number of carbonyl (C=O) groups is 3. The molecule has 23 heavy (non-hydrogen) atoms. The molecule has 1 aromatic rings. The highest BCUT2D eigenvalue weighted by Gasteiger charge is 2.36. The molecule has 1 atom stereocenters. The molecular formula is C17H21N3O3. The highest BCUT2D eigenvalue weighted by atomic mass is 16.2. The summed E-state index contributed by atoms with van der Waals surface area (Å²) >= 11 is 0. The third-order valence-corrected chi connectivity index (χ3v) is 4.49. The molecule has 2 aliphatic rings. The van der Waals surface area contributed by atoms with Gasteiger partial charge in [-0.1, -0.05) is 12.1 Å². The van der Waals surface area contributed by atoms with Crippen LogP contribution in [0, 0.1) is 0 Å². The average molecular weight is 315 g/mol. The minimum Gasteiger partial charge on any atom is -0.351 e. The summed E-state index contributed by atoms with van der Waals surface area (Å²) in [4.78, 5) is 35.2. The molecule has 3 amide bonds. The molecule has 2 heterocycles. The third kappa shape index (κ3) is 3.36. The second-order valence-electron chi connectivity index (χ2n) is 6.82. The highest BCUT2D eigenvalue weighted by molar-refractivity contribution is 5.99. The fourth-order valence-corrected chi connectivity index (χ4v) is 3.20. The van der Waals surface area contributed by atoms with Crippen molar-refractivity contribution in [3.05, 3.63) is 29.3 Å². The number of hydrogen-bond acceptors (Lipinski definition) is 3. The molecule has 0 spiro atoms. The van der Waals surface area contributed by atoms with Crippen molar-refractivity contribution >= 4 is 23.4 Å². The van der Waals surface area contributed by atoms with Gasteiger partial charge in [-0.3, -0.25) is 14.4 Å². The highest BCUT2D eigenvalue weighted by Crippen LogP contribution is 2.24. The fourth-order valence-electron chi connectivity index (χ4n) is 3.20. The Morgan fingerprint density at radius 3 is 2.83 bits per heavy atom. The zero-order valence-corrected chi connectivity index (χ0v) is 13.4. The summed E-state index contributed by atoms with van der Waals surface area (Å²) in [5.74, 6) is -0.0698. The molecule has 6 heteroatoms. The van der Waals surface area contributed by atoms with E-state index in [-0.39, 0.29) is 30.2 Å². The normalized spacial score (nSPS) is 22.1. The van der Waals surface area contributed by atoms with Crippen LogP contribution in [-0.2, 0) is 27.2 Å². The summed E-state index contributed by atoms with van der Waals surface area (Å²) in [6, 6.07) is 5.54. The molecule has 0 bridgehead atoms. The van der Waals surface area contributed by atoms with Crippen LogP contribution in [-0.4, -0.2) is 29.3 Å². The van der Waals surface area contributed by atoms with Gasteiger partial charge in [0, 0.05) is 12.1 Å². The Morgan fingerprint density at radius 1 is 1.30 bits per heavy atom. The average Bonchev–Trinajstić information content (AvgIpc) is 2.80. The molecule has 1 aromatic carbocycles. The number of carbonyl (C=O) groups excluding carboxylic acids is 3. The topological polar surface area (TPSA) is 87.3 Å². The Hall–Kier alpha value is -2.37. The number of anilines is 1. The lowest BCUT2D eigenvalue weighted by molar-refractivity contribution is -0.128. The van der Waals surface area contributed by atoms with Crippen LogP contribution in [0.5, 0.6) is 0 Å². The van der Waals surface area contributed by atoms with E-state index in [4.69, 9.17) is 0 Å². The van der Waals surface area contributed by atoms with Gasteiger partial charge < -0.3 is 16.0 Å². The Bertz CT molecular complexity index is 682. The standard InChI is InChI=1S/C17H21N3O3/c1-17(2)13(5-6-14(21)20-17)19-15(22)8-10-3-4-11-9-16(23)18-12(11)7-10/h3-4,7,13H,5-6,8-9H2,1-2H3,(H,18,23)(H,19,22)(H,20,21). The van der Waals surface area contributed by atoms with Crippen LogP contribution >= 0.6 is 0 Å². The van der Waals surface area contributed by atoms with Crippen molar-refractivity contribution < 1.29 is 14.4 Å². The van der Waals surface area contributed by atoms with Crippen molar-refractivity contribution in [2.24, 2.45) is 0 Å². The van der Waals surface area contributed by atoms with Crippen LogP contribution in [0.3, 0.4) is 0 Å². The fraction of sp³-hybridized carbons (Fsp3) is 0.471. The van der Waals surface area contributed by atoms with Crippen molar-refractivity contribution in [1.29, 1.82) is 0 Å². The number of benzene rings is 1. The SMILES string of the molecule is CC1(C)NC(=O)CCC1NC(=O)Cc1ccc2c(c1)NC(=O)C2. The summed E-state index contributed by atoms with van der Waals surface area (Å²) in [6.45, 7) is 3.83. The van der Waals surface area contributed by atoms with Gasteiger partial charge in [-0.25, -0.2) is 0 Å². The Morgan fingerprint density at radius 2 is 2.09 bits per heavy atom. The minimum atomic E-state index is -0.448. The van der Waals surface area contributed by atoms with E-state index in [0.29, 0.717) is 19.3 Å². The van der Waals surface area contributed by atoms with Gasteiger partial charge in [-0.2, -0.15) is 0 Å². The first kappa shape index (κ1) is 15.5. The largest absolute Gasteiger partial charge is 0.351 e. The quantitative estimate of drug-likeness (QED) is 0.774. The third-order valence-electron chi connectivity index (χ3n) is 4.49. The van der Waals surface area contributed by atoms with Crippen molar-refractivity contribution in [3.8, 4) is 0 Å². The van der Waals surface area contributed by atoms with Crippen LogP contribution < -0.4 is 16.0 Å². The lowest BCUT2D eigenvalue weighted by Gasteiger charge is -2.39. The number of fused-ring (bicyclic) bond motifs is 1. The Balaban J connectivity index is 1.63. The first-order chi connectivity index (χ1) is 10.8. The van der Waals surface area contributed by atoms with Gasteiger partial charge in [0.25, 0.3) is 0 Å². The lowest BCUT2D eigenvalue weighted by Crippen LogP contribution is -2.62. The second kappa shape index (κ2) is 5.68. The smallest absolute Gasteiger partial charge is 0.228 e. The van der Waals surface area contributed by atoms with Gasteiger partial charge in [0.1, 0.15) is 0 Å². The van der Waals surface area contributed by atoms with E-state index in [0.717, 1.165) is 16.8 Å². The molecule has 6 nitrogen and oxygen atoms in total. The second-order valence-corrected chi connectivity index (χ2v) is 6.82. The summed E-state index contributed by atoms with van der Waals surface area (Å²) in [5.41, 5.74) is 2.18. The molecule has 122 valence electrons. The maximum absolute atomic E-state index is 12.3. The van der Waals surface area contributed by atoms with E-state index in [1.807, 2.05) is 32.0 Å². The minimum absolute atomic E-state index is 0.0127. The molecule has 2 aliphatic heterocycles. The molecular weight excluding hydrogens is 294 g/mol. The first-order valence-corrected chi connectivity index (χ1v) is 7.85. The number of piperidine rings is 1. The van der Waals surface area contributed by atoms with Crippen molar-refractivity contribution in [3.63, 3.8) is 0 Å². The van der Waals surface area contributed by atoms with Gasteiger partial charge in [-0.05, 0) is 37.5 Å². The van der Waals surface area contributed by atoms with E-state index in [1.165, 1.54) is 0 Å². The predicted octanol–water partition coefficient (Wildman–Crippen LogP) is 0.897. The van der Waals surface area contributed by atoms with E-state index < -0.39 is 5.54 Å². The van der Waals surface area contributed by atoms with E-state index in [2.05, 4.69) is 16.0 Å². The summed E-state index contributed by atoms with van der Waals surface area (Å²) < 4.78 is 0. The maximum Gasteiger partial charge on any atom is 0.228 e. The van der Waals surface area contributed by atoms with Crippen molar-refractivity contribution in [2.75, 3.05) is 5.32 Å². The number of amides is 3. The van der Waals surface area contributed by atoms with Crippen LogP contribution in [0.15, 0.2) is 18.2 Å². The van der Waals surface area contributed by atoms with Gasteiger partial charge in [0.15, 0.2) is 0 Å². The number of rotatable bonds is 3. The molecule has 0 aromatic heterocycles. The maximum atomic E-state index is 12.3. The molecule has 1 saturated heterocycles. The number of hydrogen-bond donors (Lipinski definition) is 3. The summed E-state index contributed by atoms with van der Waals surface area (Å²) in [5, 5.41) is 8.72. The van der Waals surface area contributed by atoms with E-state index in [9.17, 15) is 14.4 Å². The van der Waals surface area contributed by atoms with Gasteiger partial charge in [0.2, 0.25) is 17.7 Å². The Labute approximate surface area is 135 Å². The van der Waals surface area contributed by atoms with E-state index in [1.54, 1.807) is 0 Å².